The molecule has 1 saturated carbocycles. The number of rotatable bonds is 9. The predicted octanol–water partition coefficient (Wildman–Crippen LogP) is 3.15. The summed E-state index contributed by atoms with van der Waals surface area (Å²) in [4.78, 5) is 30.7. The molecule has 1 spiro atoms. The Balaban J connectivity index is 1.13. The molecule has 3 unspecified atom stereocenters. The number of hydrogen-bond acceptors (Lipinski definition) is 12. The smallest absolute Gasteiger partial charge is 0.459 e. The summed E-state index contributed by atoms with van der Waals surface area (Å²) in [6, 6.07) is 11.1. The van der Waals surface area contributed by atoms with Crippen molar-refractivity contribution in [2.45, 2.75) is 94.9 Å². The largest absolute Gasteiger partial charge is 0.461 e. The van der Waals surface area contributed by atoms with Crippen molar-refractivity contribution in [3.8, 4) is 5.75 Å². The molecule has 5 heterocycles. The Kier molecular flexibility index (Phi) is 7.65. The molecule has 0 radical (unpaired) electrons. The third kappa shape index (κ3) is 5.38. The van der Waals surface area contributed by atoms with Gasteiger partial charge in [-0.25, -0.2) is 14.1 Å². The maximum Gasteiger partial charge on any atom is 0.459 e. The topological polar surface area (TPSA) is 178 Å². The summed E-state index contributed by atoms with van der Waals surface area (Å²) in [6.07, 6.45) is -0.215. The van der Waals surface area contributed by atoms with Gasteiger partial charge in [0.15, 0.2) is 17.2 Å². The van der Waals surface area contributed by atoms with E-state index >= 15 is 0 Å². The van der Waals surface area contributed by atoms with Crippen LogP contribution in [-0.4, -0.2) is 85.8 Å². The van der Waals surface area contributed by atoms with Gasteiger partial charge in [-0.3, -0.25) is 14.1 Å². The number of carbonyl (C=O) groups excluding carboxylic acids is 2. The number of aromatic nitrogens is 3. The van der Waals surface area contributed by atoms with Gasteiger partial charge in [-0.1, -0.05) is 18.2 Å². The van der Waals surface area contributed by atoms with E-state index in [2.05, 4.69) is 15.2 Å². The van der Waals surface area contributed by atoms with E-state index in [1.807, 2.05) is 13.0 Å². The van der Waals surface area contributed by atoms with Crippen LogP contribution in [0.15, 0.2) is 48.8 Å². The number of fused-ring (bicyclic) bond motifs is 1. The molecule has 1 aliphatic carbocycles. The zero-order valence-electron chi connectivity index (χ0n) is 26.8. The summed E-state index contributed by atoms with van der Waals surface area (Å²) in [6.45, 7) is 9.44. The number of hydrogen-bond donors (Lipinski definition) is 2. The van der Waals surface area contributed by atoms with Crippen molar-refractivity contribution in [2.24, 2.45) is 0 Å². The fourth-order valence-electron chi connectivity index (χ4n) is 7.05. The highest BCUT2D eigenvalue weighted by Gasteiger charge is 2.92. The van der Waals surface area contributed by atoms with Crippen LogP contribution in [0.3, 0.4) is 0 Å². The maximum absolute atomic E-state index is 14.6. The van der Waals surface area contributed by atoms with E-state index in [9.17, 15) is 14.2 Å². The summed E-state index contributed by atoms with van der Waals surface area (Å²) < 4.78 is 53.9. The van der Waals surface area contributed by atoms with Gasteiger partial charge in [0.2, 0.25) is 5.91 Å². The van der Waals surface area contributed by atoms with Crippen molar-refractivity contribution < 1.29 is 42.1 Å². The number of anilines is 1. The number of benzene rings is 1. The van der Waals surface area contributed by atoms with E-state index in [-0.39, 0.29) is 17.8 Å². The number of ether oxygens (including phenoxy) is 4. The average Bonchev–Trinajstić information content (AvgIpc) is 3.41. The van der Waals surface area contributed by atoms with Crippen LogP contribution in [0.4, 0.5) is 5.82 Å². The number of nitrogens with zero attached hydrogens (tertiary/aromatic N) is 4. The molecule has 2 aromatic heterocycles. The second kappa shape index (κ2) is 11.2. The molecule has 7 rings (SSSR count). The van der Waals surface area contributed by atoms with Gasteiger partial charge in [0.25, 0.3) is 0 Å². The Labute approximate surface area is 271 Å². The highest BCUT2D eigenvalue weighted by Crippen LogP contribution is 2.74. The fraction of sp³-hybridized carbons (Fsp3) is 0.548. The minimum atomic E-state index is -4.30. The van der Waals surface area contributed by atoms with Gasteiger partial charge in [0.05, 0.1) is 5.69 Å². The Morgan fingerprint density at radius 2 is 1.83 bits per heavy atom. The van der Waals surface area contributed by atoms with E-state index in [1.54, 1.807) is 59.7 Å². The normalized spacial score (nSPS) is 31.5. The number of para-hydroxylation sites is 1. The third-order valence-electron chi connectivity index (χ3n) is 9.37. The molecule has 3 aromatic rings. The summed E-state index contributed by atoms with van der Waals surface area (Å²) in [5.41, 5.74) is 5.08. The first-order valence-corrected chi connectivity index (χ1v) is 17.2. The number of piperidine rings is 1. The van der Waals surface area contributed by atoms with E-state index in [0.29, 0.717) is 43.0 Å². The number of amides is 1. The predicted molar refractivity (Wildman–Crippen MR) is 166 cm³/mol. The van der Waals surface area contributed by atoms with Crippen LogP contribution in [0.25, 0.3) is 5.52 Å². The molecule has 252 valence electrons. The molecule has 1 aromatic carbocycles. The van der Waals surface area contributed by atoms with Crippen LogP contribution in [0.2, 0.25) is 0 Å². The molecule has 7 atom stereocenters. The molecule has 4 aliphatic rings. The maximum atomic E-state index is 14.6. The first-order valence-electron chi connectivity index (χ1n) is 15.7. The number of esters is 1. The van der Waals surface area contributed by atoms with Gasteiger partial charge in [0, 0.05) is 32.9 Å². The molecular weight excluding hydrogens is 631 g/mol. The lowest BCUT2D eigenvalue weighted by atomic mass is 10.0. The van der Waals surface area contributed by atoms with E-state index in [1.165, 1.54) is 20.2 Å². The van der Waals surface area contributed by atoms with Gasteiger partial charge in [-0.05, 0) is 52.0 Å². The fourth-order valence-corrected chi connectivity index (χ4v) is 8.82. The van der Waals surface area contributed by atoms with Crippen molar-refractivity contribution in [1.82, 2.24) is 24.6 Å². The number of nitrogens with one attached hydrogen (secondary N) is 1. The van der Waals surface area contributed by atoms with Crippen molar-refractivity contribution >= 4 is 31.0 Å². The highest BCUT2D eigenvalue weighted by atomic mass is 31.2. The first kappa shape index (κ1) is 32.0. The number of likely N-dealkylation sites (tertiary alicyclic amines) is 1. The monoisotopic (exact) mass is 670 g/mol. The zero-order chi connectivity index (χ0) is 33.4. The van der Waals surface area contributed by atoms with Crippen molar-refractivity contribution in [2.75, 3.05) is 18.8 Å². The molecular formula is C31H39N6O9P. The van der Waals surface area contributed by atoms with Gasteiger partial charge >= 0.3 is 13.7 Å². The molecule has 3 N–H and O–H groups in total. The standard InChI is InChI=1S/C31H39N6O9P/c1-18(27(39)41-20-13-15-36(16-14-20)19(2)38)35-47(40,44-21-9-7-6-8-10-21)45-28-30(5)31(28)25(43-29(3,4)46-31)24(42-30)22-11-12-23-26(32)33-17-34-37(22)23/h6-12,17-18,20,24-25,28H,13-16H2,1-5H3,(H,35,40)(H2,32,33,34)/t18?,24-,25-,28?,30+,31+,47?/m0/s1. The van der Waals surface area contributed by atoms with Gasteiger partial charge < -0.3 is 34.1 Å². The minimum absolute atomic E-state index is 0.0166. The van der Waals surface area contributed by atoms with E-state index in [4.69, 9.17) is 33.7 Å². The summed E-state index contributed by atoms with van der Waals surface area (Å²) >= 11 is 0. The molecule has 3 aliphatic heterocycles. The summed E-state index contributed by atoms with van der Waals surface area (Å²) in [7, 11) is -4.30. The second-order valence-corrected chi connectivity index (χ2v) is 14.7. The van der Waals surface area contributed by atoms with Crippen LogP contribution in [0, 0.1) is 0 Å². The van der Waals surface area contributed by atoms with Crippen LogP contribution in [0.5, 0.6) is 5.75 Å². The van der Waals surface area contributed by atoms with Crippen molar-refractivity contribution in [3.63, 3.8) is 0 Å². The molecule has 47 heavy (non-hydrogen) atoms. The second-order valence-electron chi connectivity index (χ2n) is 13.1. The number of nitrogen functional groups attached to an aromatic ring is 1. The lowest BCUT2D eigenvalue weighted by Crippen LogP contribution is -2.43. The lowest BCUT2D eigenvalue weighted by Gasteiger charge is -2.32. The molecule has 4 fully saturated rings. The third-order valence-corrected chi connectivity index (χ3v) is 11.0. The van der Waals surface area contributed by atoms with Crippen LogP contribution in [-0.2, 0) is 37.6 Å². The Hall–Kier alpha value is -3.59. The summed E-state index contributed by atoms with van der Waals surface area (Å²) in [5, 5.41) is 7.15. The number of carbonyl (C=O) groups is 2. The molecule has 15 nitrogen and oxygen atoms in total. The Bertz CT molecular complexity index is 1750. The van der Waals surface area contributed by atoms with Gasteiger partial charge in [-0.15, -0.1) is 0 Å². The Morgan fingerprint density at radius 1 is 1.11 bits per heavy atom. The van der Waals surface area contributed by atoms with Gasteiger partial charge in [-0.2, -0.15) is 10.2 Å². The van der Waals surface area contributed by atoms with Gasteiger partial charge in [0.1, 0.15) is 53.7 Å². The SMILES string of the molecule is CC(=O)N1CCC(OC(=O)C(C)NP(=O)(Oc2ccccc2)OC2[C@@]3(C)O[C@@H](c4ccc5c(N)ncnn45)[C@@H]4OC(C)(C)O[C@@]243)CC1. The lowest BCUT2D eigenvalue weighted by molar-refractivity contribution is -0.186. The molecule has 0 bridgehead atoms. The van der Waals surface area contributed by atoms with Crippen molar-refractivity contribution in [3.05, 3.63) is 54.5 Å². The Morgan fingerprint density at radius 3 is 2.53 bits per heavy atom. The van der Waals surface area contributed by atoms with Crippen LogP contribution < -0.4 is 15.3 Å². The summed E-state index contributed by atoms with van der Waals surface area (Å²) in [5.74, 6) is -1.08. The van der Waals surface area contributed by atoms with Crippen LogP contribution in [0.1, 0.15) is 59.3 Å². The van der Waals surface area contributed by atoms with E-state index in [0.717, 1.165) is 0 Å². The molecule has 1 amide bonds. The average molecular weight is 671 g/mol. The number of nitrogens with two attached hydrogens (primary N) is 1. The zero-order valence-corrected chi connectivity index (χ0v) is 27.7. The van der Waals surface area contributed by atoms with E-state index < -0.39 is 55.1 Å². The highest BCUT2D eigenvalue weighted by molar-refractivity contribution is 7.52. The van der Waals surface area contributed by atoms with Crippen molar-refractivity contribution in [1.29, 1.82) is 0 Å². The van der Waals surface area contributed by atoms with Crippen LogP contribution >= 0.6 is 7.75 Å². The first-order chi connectivity index (χ1) is 22.3. The quantitative estimate of drug-likeness (QED) is 0.251. The molecule has 16 heteroatoms. The minimum Gasteiger partial charge on any atom is -0.461 e. The molecule has 3 saturated heterocycles.